The van der Waals surface area contributed by atoms with E-state index in [4.69, 9.17) is 0 Å². The molecule has 1 N–H and O–H groups in total. The molecule has 2 aliphatic heterocycles. The van der Waals surface area contributed by atoms with Crippen molar-refractivity contribution >= 4 is 5.91 Å². The van der Waals surface area contributed by atoms with Crippen LogP contribution in [-0.2, 0) is 4.79 Å². The number of β-lactam (4-membered cyclic amide) rings is 1. The van der Waals surface area contributed by atoms with Crippen LogP contribution >= 0.6 is 0 Å². The Balaban J connectivity index is 2.04. The fourth-order valence-electron chi connectivity index (χ4n) is 3.00. The lowest BCUT2D eigenvalue weighted by Crippen LogP contribution is -2.71. The number of halogens is 3. The van der Waals surface area contributed by atoms with Crippen molar-refractivity contribution in [2.45, 2.75) is 69.9 Å². The van der Waals surface area contributed by atoms with E-state index in [1.807, 2.05) is 18.9 Å². The molecule has 7 heteroatoms. The number of amides is 1. The average Bonchev–Trinajstić information content (AvgIpc) is 2.62. The van der Waals surface area contributed by atoms with Crippen molar-refractivity contribution in [2.24, 2.45) is 0 Å². The Kier molecular flexibility index (Phi) is 3.79. The molecule has 2 rings (SSSR count). The zero-order chi connectivity index (χ0) is 14.4. The van der Waals surface area contributed by atoms with E-state index in [0.717, 1.165) is 12.8 Å². The van der Waals surface area contributed by atoms with Crippen LogP contribution in [0.2, 0.25) is 0 Å². The van der Waals surface area contributed by atoms with Crippen LogP contribution in [0.5, 0.6) is 0 Å². The van der Waals surface area contributed by atoms with Gasteiger partial charge in [-0.2, -0.15) is 13.2 Å². The highest BCUT2D eigenvalue weighted by Gasteiger charge is 2.52. The molecule has 0 aromatic rings. The zero-order valence-electron chi connectivity index (χ0n) is 11.0. The third kappa shape index (κ3) is 2.72. The van der Waals surface area contributed by atoms with Gasteiger partial charge in [-0.1, -0.05) is 0 Å². The minimum Gasteiger partial charge on any atom is -0.381 e. The summed E-state index contributed by atoms with van der Waals surface area (Å²) in [5.74, 6) is -0.479. The van der Waals surface area contributed by atoms with Crippen molar-refractivity contribution in [3.63, 3.8) is 0 Å². The van der Waals surface area contributed by atoms with Crippen molar-refractivity contribution in [1.29, 1.82) is 0 Å². The molecule has 2 saturated heterocycles. The number of hydrazine groups is 1. The van der Waals surface area contributed by atoms with E-state index in [9.17, 15) is 23.1 Å². The molecular weight excluding hydrogens is 261 g/mol. The Morgan fingerprint density at radius 1 is 1.26 bits per heavy atom. The summed E-state index contributed by atoms with van der Waals surface area (Å²) >= 11 is 0. The third-order valence-electron chi connectivity index (χ3n) is 4.04. The standard InChI is InChI=1S/C12H19F3N2O2/c1-7-3-4-8(2)16(7)17-9(10(18)11(17)19)5-6-12(13,14)15/h7-10,18H,3-6H2,1-2H3/t7-,8-,9+,10-/m1/s1. The second-order valence-corrected chi connectivity index (χ2v) is 5.50. The van der Waals surface area contributed by atoms with E-state index >= 15 is 0 Å². The predicted octanol–water partition coefficient (Wildman–Crippen LogP) is 1.69. The average molecular weight is 280 g/mol. The summed E-state index contributed by atoms with van der Waals surface area (Å²) < 4.78 is 36.8. The molecule has 4 atom stereocenters. The highest BCUT2D eigenvalue weighted by molar-refractivity contribution is 5.87. The first kappa shape index (κ1) is 14.6. The minimum atomic E-state index is -4.26. The van der Waals surface area contributed by atoms with Crippen LogP contribution in [0.4, 0.5) is 13.2 Å². The molecule has 0 aromatic carbocycles. The Hall–Kier alpha value is -0.820. The van der Waals surface area contributed by atoms with Crippen molar-refractivity contribution < 1.29 is 23.1 Å². The van der Waals surface area contributed by atoms with Crippen LogP contribution in [0.3, 0.4) is 0 Å². The van der Waals surface area contributed by atoms with Gasteiger partial charge in [0, 0.05) is 18.5 Å². The topological polar surface area (TPSA) is 43.8 Å². The molecule has 0 unspecified atom stereocenters. The normalized spacial score (nSPS) is 36.7. The van der Waals surface area contributed by atoms with Crippen molar-refractivity contribution in [1.82, 2.24) is 10.0 Å². The van der Waals surface area contributed by atoms with Gasteiger partial charge >= 0.3 is 6.18 Å². The number of aliphatic hydroxyl groups excluding tert-OH is 1. The minimum absolute atomic E-state index is 0.125. The fourth-order valence-corrected chi connectivity index (χ4v) is 3.00. The lowest BCUT2D eigenvalue weighted by atomic mass is 9.95. The Morgan fingerprint density at radius 3 is 2.26 bits per heavy atom. The van der Waals surface area contributed by atoms with Crippen LogP contribution in [0.25, 0.3) is 0 Å². The van der Waals surface area contributed by atoms with Crippen LogP contribution in [0.15, 0.2) is 0 Å². The number of rotatable bonds is 3. The number of nitrogens with zero attached hydrogens (tertiary/aromatic N) is 2. The summed E-state index contributed by atoms with van der Waals surface area (Å²) in [4.78, 5) is 11.7. The first-order valence-corrected chi connectivity index (χ1v) is 6.58. The van der Waals surface area contributed by atoms with Crippen LogP contribution in [0.1, 0.15) is 39.5 Å². The molecule has 0 bridgehead atoms. The first-order valence-electron chi connectivity index (χ1n) is 6.58. The lowest BCUT2D eigenvalue weighted by Gasteiger charge is -2.51. The van der Waals surface area contributed by atoms with E-state index in [-0.39, 0.29) is 18.5 Å². The molecule has 0 radical (unpaired) electrons. The predicted molar refractivity (Wildman–Crippen MR) is 61.9 cm³/mol. The number of alkyl halides is 3. The van der Waals surface area contributed by atoms with E-state index in [2.05, 4.69) is 0 Å². The molecule has 2 fully saturated rings. The quantitative estimate of drug-likeness (QED) is 0.800. The highest BCUT2D eigenvalue weighted by Crippen LogP contribution is 2.36. The van der Waals surface area contributed by atoms with Gasteiger partial charge in [0.15, 0.2) is 6.10 Å². The van der Waals surface area contributed by atoms with Gasteiger partial charge in [0.05, 0.1) is 6.04 Å². The molecule has 2 heterocycles. The van der Waals surface area contributed by atoms with Gasteiger partial charge < -0.3 is 5.11 Å². The third-order valence-corrected chi connectivity index (χ3v) is 4.04. The maximum absolute atomic E-state index is 12.3. The Morgan fingerprint density at radius 2 is 1.79 bits per heavy atom. The molecule has 0 spiro atoms. The number of hydrogen-bond acceptors (Lipinski definition) is 3. The summed E-state index contributed by atoms with van der Waals surface area (Å²) in [7, 11) is 0. The number of carbonyl (C=O) groups is 1. The Labute approximate surface area is 110 Å². The van der Waals surface area contributed by atoms with Gasteiger partial charge in [-0.15, -0.1) is 0 Å². The summed E-state index contributed by atoms with van der Waals surface area (Å²) in [6.07, 6.45) is -4.95. The fraction of sp³-hybridized carbons (Fsp3) is 0.917. The van der Waals surface area contributed by atoms with Gasteiger partial charge in [-0.25, -0.2) is 5.01 Å². The molecule has 19 heavy (non-hydrogen) atoms. The molecule has 0 aliphatic carbocycles. The smallest absolute Gasteiger partial charge is 0.381 e. The first-order chi connectivity index (χ1) is 8.72. The van der Waals surface area contributed by atoms with Gasteiger partial charge in [0.25, 0.3) is 5.91 Å². The lowest BCUT2D eigenvalue weighted by molar-refractivity contribution is -0.216. The monoisotopic (exact) mass is 280 g/mol. The molecule has 0 saturated carbocycles. The molecule has 4 nitrogen and oxygen atoms in total. The van der Waals surface area contributed by atoms with E-state index in [1.165, 1.54) is 5.01 Å². The number of carbonyl (C=O) groups excluding carboxylic acids is 1. The maximum atomic E-state index is 12.3. The molecule has 2 aliphatic rings. The van der Waals surface area contributed by atoms with Crippen molar-refractivity contribution in [2.75, 3.05) is 0 Å². The summed E-state index contributed by atoms with van der Waals surface area (Å²) in [5, 5.41) is 12.8. The summed E-state index contributed by atoms with van der Waals surface area (Å²) in [6, 6.07) is -0.489. The van der Waals surface area contributed by atoms with Gasteiger partial charge in [-0.05, 0) is 33.1 Å². The van der Waals surface area contributed by atoms with E-state index in [1.54, 1.807) is 0 Å². The highest BCUT2D eigenvalue weighted by atomic mass is 19.4. The van der Waals surface area contributed by atoms with Crippen molar-refractivity contribution in [3.05, 3.63) is 0 Å². The van der Waals surface area contributed by atoms with E-state index in [0.29, 0.717) is 0 Å². The molecule has 1 amide bonds. The molecule has 110 valence electrons. The van der Waals surface area contributed by atoms with Gasteiger partial charge in [0.2, 0.25) is 0 Å². The second-order valence-electron chi connectivity index (χ2n) is 5.50. The SMILES string of the molecule is C[C@@H]1CC[C@@H](C)N1N1C(=O)[C@H](O)[C@@H]1CCC(F)(F)F. The maximum Gasteiger partial charge on any atom is 0.389 e. The van der Waals surface area contributed by atoms with Crippen LogP contribution in [0, 0.1) is 0 Å². The summed E-state index contributed by atoms with van der Waals surface area (Å²) in [5.41, 5.74) is 0. The molecular formula is C12H19F3N2O2. The summed E-state index contributed by atoms with van der Waals surface area (Å²) in [6.45, 7) is 3.89. The van der Waals surface area contributed by atoms with Gasteiger partial charge in [0.1, 0.15) is 0 Å². The number of hydrogen-bond donors (Lipinski definition) is 1. The van der Waals surface area contributed by atoms with Gasteiger partial charge in [-0.3, -0.25) is 9.80 Å². The number of aliphatic hydroxyl groups is 1. The van der Waals surface area contributed by atoms with Crippen LogP contribution in [-0.4, -0.2) is 51.4 Å². The van der Waals surface area contributed by atoms with Crippen LogP contribution < -0.4 is 0 Å². The second kappa shape index (κ2) is 4.94. The molecule has 0 aromatic heterocycles. The zero-order valence-corrected chi connectivity index (χ0v) is 11.0. The van der Waals surface area contributed by atoms with Crippen molar-refractivity contribution in [3.8, 4) is 0 Å². The van der Waals surface area contributed by atoms with E-state index < -0.39 is 30.7 Å². The Bertz CT molecular complexity index is 351. The largest absolute Gasteiger partial charge is 0.389 e.